The van der Waals surface area contributed by atoms with E-state index in [1.807, 2.05) is 30.8 Å². The number of rotatable bonds is 5. The summed E-state index contributed by atoms with van der Waals surface area (Å²) in [4.78, 5) is 28.8. The lowest BCUT2D eigenvalue weighted by atomic mass is 10.2. The Morgan fingerprint density at radius 2 is 2.14 bits per heavy atom. The molecular weight excluding hydrogens is 270 g/mol. The van der Waals surface area contributed by atoms with Crippen molar-refractivity contribution in [3.05, 3.63) is 0 Å². The molecule has 0 bridgehead atoms. The van der Waals surface area contributed by atoms with Crippen LogP contribution in [-0.4, -0.2) is 60.6 Å². The van der Waals surface area contributed by atoms with Crippen molar-refractivity contribution in [3.63, 3.8) is 0 Å². The van der Waals surface area contributed by atoms with E-state index < -0.39 is 0 Å². The Hall–Kier alpha value is -2.12. The van der Waals surface area contributed by atoms with E-state index in [4.69, 9.17) is 0 Å². The van der Waals surface area contributed by atoms with E-state index >= 15 is 0 Å². The first-order chi connectivity index (χ1) is 10.0. The first-order valence-electron chi connectivity index (χ1n) is 7.24. The van der Waals surface area contributed by atoms with Crippen LogP contribution in [0.2, 0.25) is 0 Å². The molecule has 0 aromatic carbocycles. The van der Waals surface area contributed by atoms with Crippen molar-refractivity contribution in [1.82, 2.24) is 20.3 Å². The molecule has 1 amide bonds. The van der Waals surface area contributed by atoms with Crippen LogP contribution >= 0.6 is 0 Å². The standard InChI is InChI=1S/C13H23N7O/c1-5-6-15-11-16-12(19(3)4)18-13(17-11)20-8-7-14-10(21)9(20)2/h9H,5-8H2,1-4H3,(H,14,21)(H,15,16,17,18). The minimum atomic E-state index is -0.282. The molecule has 0 radical (unpaired) electrons. The smallest absolute Gasteiger partial charge is 0.242 e. The van der Waals surface area contributed by atoms with Crippen LogP contribution < -0.4 is 20.4 Å². The second-order valence-electron chi connectivity index (χ2n) is 5.24. The number of aromatic nitrogens is 3. The fraction of sp³-hybridized carbons (Fsp3) is 0.692. The van der Waals surface area contributed by atoms with E-state index in [-0.39, 0.29) is 11.9 Å². The Labute approximate surface area is 125 Å². The lowest BCUT2D eigenvalue weighted by molar-refractivity contribution is -0.122. The van der Waals surface area contributed by atoms with Crippen molar-refractivity contribution in [3.8, 4) is 0 Å². The van der Waals surface area contributed by atoms with Gasteiger partial charge in [0.05, 0.1) is 0 Å². The molecule has 1 saturated heterocycles. The number of nitrogens with one attached hydrogen (secondary N) is 2. The summed E-state index contributed by atoms with van der Waals surface area (Å²) in [5, 5.41) is 6.02. The zero-order valence-electron chi connectivity index (χ0n) is 13.1. The van der Waals surface area contributed by atoms with Crippen LogP contribution in [0.25, 0.3) is 0 Å². The van der Waals surface area contributed by atoms with Gasteiger partial charge in [0, 0.05) is 33.7 Å². The molecule has 1 aliphatic heterocycles. The summed E-state index contributed by atoms with van der Waals surface area (Å²) < 4.78 is 0. The maximum atomic E-state index is 11.8. The maximum absolute atomic E-state index is 11.8. The predicted molar refractivity (Wildman–Crippen MR) is 82.8 cm³/mol. The van der Waals surface area contributed by atoms with E-state index in [9.17, 15) is 4.79 Å². The first-order valence-corrected chi connectivity index (χ1v) is 7.24. The molecule has 1 fully saturated rings. The van der Waals surface area contributed by atoms with Gasteiger partial charge in [-0.3, -0.25) is 4.79 Å². The number of amides is 1. The summed E-state index contributed by atoms with van der Waals surface area (Å²) >= 11 is 0. The Morgan fingerprint density at radius 3 is 2.81 bits per heavy atom. The Balaban J connectivity index is 2.32. The molecule has 2 rings (SSSR count). The second kappa shape index (κ2) is 6.55. The largest absolute Gasteiger partial charge is 0.354 e. The number of nitrogens with zero attached hydrogens (tertiary/aromatic N) is 5. The van der Waals surface area contributed by atoms with Crippen LogP contribution in [0.15, 0.2) is 0 Å². The Kier molecular flexibility index (Phi) is 4.77. The summed E-state index contributed by atoms with van der Waals surface area (Å²) in [6.07, 6.45) is 0.987. The molecule has 1 atom stereocenters. The van der Waals surface area contributed by atoms with E-state index in [2.05, 4.69) is 32.5 Å². The molecule has 0 spiro atoms. The van der Waals surface area contributed by atoms with Crippen molar-refractivity contribution in [2.45, 2.75) is 26.3 Å². The lowest BCUT2D eigenvalue weighted by Crippen LogP contribution is -2.54. The van der Waals surface area contributed by atoms with Crippen LogP contribution in [0.5, 0.6) is 0 Å². The topological polar surface area (TPSA) is 86.3 Å². The van der Waals surface area contributed by atoms with Gasteiger partial charge in [-0.15, -0.1) is 0 Å². The summed E-state index contributed by atoms with van der Waals surface area (Å²) in [5.41, 5.74) is 0. The molecule has 8 nitrogen and oxygen atoms in total. The van der Waals surface area contributed by atoms with E-state index in [1.165, 1.54) is 0 Å². The molecule has 21 heavy (non-hydrogen) atoms. The van der Waals surface area contributed by atoms with Gasteiger partial charge in [0.2, 0.25) is 23.8 Å². The van der Waals surface area contributed by atoms with Crippen LogP contribution in [0, 0.1) is 0 Å². The average molecular weight is 293 g/mol. The zero-order valence-corrected chi connectivity index (χ0v) is 13.1. The van der Waals surface area contributed by atoms with Crippen molar-refractivity contribution in [2.24, 2.45) is 0 Å². The van der Waals surface area contributed by atoms with Crippen LogP contribution in [-0.2, 0) is 4.79 Å². The lowest BCUT2D eigenvalue weighted by Gasteiger charge is -2.33. The van der Waals surface area contributed by atoms with Crippen LogP contribution in [0.4, 0.5) is 17.8 Å². The number of anilines is 3. The average Bonchev–Trinajstić information content (AvgIpc) is 2.47. The zero-order chi connectivity index (χ0) is 15.4. The van der Waals surface area contributed by atoms with Gasteiger partial charge in [-0.1, -0.05) is 6.92 Å². The molecule has 1 aromatic heterocycles. The molecule has 1 unspecified atom stereocenters. The molecule has 8 heteroatoms. The molecular formula is C13H23N7O. The van der Waals surface area contributed by atoms with E-state index in [0.29, 0.717) is 30.9 Å². The van der Waals surface area contributed by atoms with E-state index in [1.54, 1.807) is 0 Å². The van der Waals surface area contributed by atoms with Gasteiger partial charge in [-0.25, -0.2) is 0 Å². The third-order valence-corrected chi connectivity index (χ3v) is 3.30. The molecule has 2 heterocycles. The van der Waals surface area contributed by atoms with Crippen LogP contribution in [0.1, 0.15) is 20.3 Å². The number of carbonyl (C=O) groups is 1. The SMILES string of the molecule is CCCNc1nc(N(C)C)nc(N2CCNC(=O)C2C)n1. The van der Waals surface area contributed by atoms with Crippen molar-refractivity contribution >= 4 is 23.8 Å². The normalized spacial score (nSPS) is 18.4. The molecule has 1 aromatic rings. The number of piperazine rings is 1. The molecule has 0 saturated carbocycles. The summed E-state index contributed by atoms with van der Waals surface area (Å²) in [6, 6.07) is -0.282. The highest BCUT2D eigenvalue weighted by Crippen LogP contribution is 2.18. The minimum absolute atomic E-state index is 0.00358. The summed E-state index contributed by atoms with van der Waals surface area (Å²) in [5.74, 6) is 1.66. The number of hydrogen-bond donors (Lipinski definition) is 2. The van der Waals surface area contributed by atoms with Crippen molar-refractivity contribution < 1.29 is 4.79 Å². The predicted octanol–water partition coefficient (Wildman–Crippen LogP) is 0.0842. The highest BCUT2D eigenvalue weighted by molar-refractivity contribution is 5.85. The molecule has 2 N–H and O–H groups in total. The molecule has 0 aliphatic carbocycles. The number of hydrogen-bond acceptors (Lipinski definition) is 7. The van der Waals surface area contributed by atoms with Gasteiger partial charge in [-0.2, -0.15) is 15.0 Å². The fourth-order valence-corrected chi connectivity index (χ4v) is 2.05. The van der Waals surface area contributed by atoms with Gasteiger partial charge >= 0.3 is 0 Å². The third-order valence-electron chi connectivity index (χ3n) is 3.30. The van der Waals surface area contributed by atoms with Gasteiger partial charge < -0.3 is 20.4 Å². The van der Waals surface area contributed by atoms with Crippen molar-refractivity contribution in [1.29, 1.82) is 0 Å². The fourth-order valence-electron chi connectivity index (χ4n) is 2.05. The van der Waals surface area contributed by atoms with Gasteiger partial charge in [0.1, 0.15) is 6.04 Å². The summed E-state index contributed by atoms with van der Waals surface area (Å²) in [6.45, 7) is 6.03. The number of carbonyl (C=O) groups excluding carboxylic acids is 1. The Morgan fingerprint density at radius 1 is 1.38 bits per heavy atom. The first kappa shape index (κ1) is 15.3. The Bertz CT molecular complexity index is 505. The van der Waals surface area contributed by atoms with Crippen molar-refractivity contribution in [2.75, 3.05) is 48.8 Å². The minimum Gasteiger partial charge on any atom is -0.354 e. The van der Waals surface area contributed by atoms with Gasteiger partial charge in [-0.05, 0) is 13.3 Å². The van der Waals surface area contributed by atoms with Gasteiger partial charge in [0.25, 0.3) is 0 Å². The highest BCUT2D eigenvalue weighted by Gasteiger charge is 2.28. The van der Waals surface area contributed by atoms with E-state index in [0.717, 1.165) is 13.0 Å². The summed E-state index contributed by atoms with van der Waals surface area (Å²) in [7, 11) is 3.77. The molecule has 1 aliphatic rings. The quantitative estimate of drug-likeness (QED) is 0.795. The van der Waals surface area contributed by atoms with Crippen LogP contribution in [0.3, 0.4) is 0 Å². The highest BCUT2D eigenvalue weighted by atomic mass is 16.2. The molecule has 116 valence electrons. The monoisotopic (exact) mass is 293 g/mol. The van der Waals surface area contributed by atoms with Gasteiger partial charge in [0.15, 0.2) is 0 Å². The third kappa shape index (κ3) is 3.50. The maximum Gasteiger partial charge on any atom is 0.242 e. The second-order valence-corrected chi connectivity index (χ2v) is 5.24.